The number of nitrogens with one attached hydrogen (secondary N) is 2. The standard InChI is InChI=1S/C18H19BrN2O2/c1-11-5-4-6-15(13(11)3)18(23)20-10-17(22)21-14-7-8-16(19)12(2)9-14/h4-9H,10H2,1-3H3,(H,20,23)(H,21,22). The molecule has 2 N–H and O–H groups in total. The molecule has 0 aliphatic rings. The number of anilines is 1. The van der Waals surface area contributed by atoms with Gasteiger partial charge in [0.05, 0.1) is 6.54 Å². The van der Waals surface area contributed by atoms with Crippen LogP contribution in [0.5, 0.6) is 0 Å². The van der Waals surface area contributed by atoms with E-state index in [0.29, 0.717) is 11.3 Å². The number of carbonyl (C=O) groups excluding carboxylic acids is 2. The Hall–Kier alpha value is -2.14. The maximum absolute atomic E-state index is 12.2. The number of hydrogen-bond acceptors (Lipinski definition) is 2. The molecule has 0 saturated heterocycles. The summed E-state index contributed by atoms with van der Waals surface area (Å²) in [5.41, 5.74) is 4.30. The van der Waals surface area contributed by atoms with Crippen molar-refractivity contribution in [3.05, 3.63) is 63.1 Å². The summed E-state index contributed by atoms with van der Waals surface area (Å²) >= 11 is 3.41. The summed E-state index contributed by atoms with van der Waals surface area (Å²) in [5, 5.41) is 5.42. The number of carbonyl (C=O) groups is 2. The minimum absolute atomic E-state index is 0.0681. The maximum Gasteiger partial charge on any atom is 0.251 e. The van der Waals surface area contributed by atoms with E-state index in [1.54, 1.807) is 6.07 Å². The fourth-order valence-corrected chi connectivity index (χ4v) is 2.43. The molecule has 0 fully saturated rings. The molecule has 0 atom stereocenters. The molecule has 2 amide bonds. The predicted molar refractivity (Wildman–Crippen MR) is 95.8 cm³/mol. The number of hydrogen-bond donors (Lipinski definition) is 2. The molecule has 2 aromatic carbocycles. The lowest BCUT2D eigenvalue weighted by molar-refractivity contribution is -0.115. The van der Waals surface area contributed by atoms with Crippen LogP contribution in [0, 0.1) is 20.8 Å². The summed E-state index contributed by atoms with van der Waals surface area (Å²) in [6, 6.07) is 11.1. The highest BCUT2D eigenvalue weighted by atomic mass is 79.9. The molecule has 120 valence electrons. The van der Waals surface area contributed by atoms with Gasteiger partial charge in [0.15, 0.2) is 0 Å². The molecule has 0 spiro atoms. The van der Waals surface area contributed by atoms with Gasteiger partial charge in [-0.15, -0.1) is 0 Å². The number of aryl methyl sites for hydroxylation is 2. The minimum Gasteiger partial charge on any atom is -0.343 e. The molecule has 0 aromatic heterocycles. The van der Waals surface area contributed by atoms with Gasteiger partial charge in [-0.3, -0.25) is 9.59 Å². The molecule has 5 heteroatoms. The summed E-state index contributed by atoms with van der Waals surface area (Å²) < 4.78 is 0.985. The smallest absolute Gasteiger partial charge is 0.251 e. The molecule has 0 aliphatic heterocycles. The van der Waals surface area contributed by atoms with Crippen LogP contribution in [0.4, 0.5) is 5.69 Å². The topological polar surface area (TPSA) is 58.2 Å². The Kier molecular flexibility index (Phi) is 5.55. The van der Waals surface area contributed by atoms with E-state index in [1.807, 2.05) is 51.1 Å². The Morgan fingerprint density at radius 1 is 1.04 bits per heavy atom. The van der Waals surface area contributed by atoms with E-state index in [-0.39, 0.29) is 18.4 Å². The third kappa shape index (κ3) is 4.42. The van der Waals surface area contributed by atoms with Crippen LogP contribution in [-0.4, -0.2) is 18.4 Å². The first kappa shape index (κ1) is 17.2. The summed E-state index contributed by atoms with van der Waals surface area (Å²) in [5.74, 6) is -0.501. The normalized spacial score (nSPS) is 10.3. The van der Waals surface area contributed by atoms with Gasteiger partial charge >= 0.3 is 0 Å². The van der Waals surface area contributed by atoms with Crippen LogP contribution in [0.15, 0.2) is 40.9 Å². The summed E-state index contributed by atoms with van der Waals surface area (Å²) in [4.78, 5) is 24.1. The van der Waals surface area contributed by atoms with Crippen LogP contribution in [0.25, 0.3) is 0 Å². The lowest BCUT2D eigenvalue weighted by atomic mass is 10.0. The summed E-state index contributed by atoms with van der Waals surface area (Å²) in [6.45, 7) is 5.73. The molecule has 0 unspecified atom stereocenters. The van der Waals surface area contributed by atoms with Crippen LogP contribution >= 0.6 is 15.9 Å². The van der Waals surface area contributed by atoms with Crippen molar-refractivity contribution in [2.24, 2.45) is 0 Å². The van der Waals surface area contributed by atoms with Crippen LogP contribution in [-0.2, 0) is 4.79 Å². The third-order valence-electron chi connectivity index (χ3n) is 3.70. The van der Waals surface area contributed by atoms with E-state index in [1.165, 1.54) is 0 Å². The Labute approximate surface area is 144 Å². The van der Waals surface area contributed by atoms with E-state index < -0.39 is 0 Å². The molecular formula is C18H19BrN2O2. The second-order valence-corrected chi connectivity index (χ2v) is 6.30. The van der Waals surface area contributed by atoms with Gasteiger partial charge in [0.25, 0.3) is 5.91 Å². The first-order valence-electron chi connectivity index (χ1n) is 7.29. The lowest BCUT2D eigenvalue weighted by Gasteiger charge is -2.10. The largest absolute Gasteiger partial charge is 0.343 e. The first-order chi connectivity index (χ1) is 10.9. The van der Waals surface area contributed by atoms with Crippen molar-refractivity contribution in [2.75, 3.05) is 11.9 Å². The molecule has 0 heterocycles. The molecule has 2 rings (SSSR count). The Morgan fingerprint density at radius 3 is 2.48 bits per heavy atom. The molecule has 2 aromatic rings. The van der Waals surface area contributed by atoms with Crippen molar-refractivity contribution in [1.29, 1.82) is 0 Å². The van der Waals surface area contributed by atoms with Crippen molar-refractivity contribution >= 4 is 33.4 Å². The van der Waals surface area contributed by atoms with Crippen molar-refractivity contribution in [3.63, 3.8) is 0 Å². The molecule has 4 nitrogen and oxygen atoms in total. The summed E-state index contributed by atoms with van der Waals surface area (Å²) in [7, 11) is 0. The van der Waals surface area contributed by atoms with Gasteiger partial charge in [-0.2, -0.15) is 0 Å². The van der Waals surface area contributed by atoms with Crippen LogP contribution < -0.4 is 10.6 Å². The molecule has 0 radical (unpaired) electrons. The van der Waals surface area contributed by atoms with Gasteiger partial charge in [-0.1, -0.05) is 28.1 Å². The number of halogens is 1. The van der Waals surface area contributed by atoms with E-state index in [0.717, 1.165) is 21.2 Å². The number of amides is 2. The molecule has 0 bridgehead atoms. The van der Waals surface area contributed by atoms with E-state index in [9.17, 15) is 9.59 Å². The fourth-order valence-electron chi connectivity index (χ4n) is 2.18. The lowest BCUT2D eigenvalue weighted by Crippen LogP contribution is -2.33. The second-order valence-electron chi connectivity index (χ2n) is 5.44. The zero-order valence-corrected chi connectivity index (χ0v) is 15.0. The maximum atomic E-state index is 12.2. The summed E-state index contributed by atoms with van der Waals surface area (Å²) in [6.07, 6.45) is 0. The highest BCUT2D eigenvalue weighted by molar-refractivity contribution is 9.10. The van der Waals surface area contributed by atoms with Gasteiger partial charge in [0, 0.05) is 15.7 Å². The Morgan fingerprint density at radius 2 is 1.78 bits per heavy atom. The van der Waals surface area contributed by atoms with E-state index in [2.05, 4.69) is 26.6 Å². The van der Waals surface area contributed by atoms with Gasteiger partial charge in [0.2, 0.25) is 5.91 Å². The number of benzene rings is 2. The molecule has 0 saturated carbocycles. The minimum atomic E-state index is -0.259. The van der Waals surface area contributed by atoms with Crippen molar-refractivity contribution in [3.8, 4) is 0 Å². The van der Waals surface area contributed by atoms with Crippen LogP contribution in [0.1, 0.15) is 27.0 Å². The second kappa shape index (κ2) is 7.42. The monoisotopic (exact) mass is 374 g/mol. The van der Waals surface area contributed by atoms with Crippen LogP contribution in [0.2, 0.25) is 0 Å². The quantitative estimate of drug-likeness (QED) is 0.855. The molecular weight excluding hydrogens is 356 g/mol. The highest BCUT2D eigenvalue weighted by Crippen LogP contribution is 2.19. The Balaban J connectivity index is 1.94. The average molecular weight is 375 g/mol. The van der Waals surface area contributed by atoms with Gasteiger partial charge in [-0.25, -0.2) is 0 Å². The van der Waals surface area contributed by atoms with Gasteiger partial charge in [0.1, 0.15) is 0 Å². The predicted octanol–water partition coefficient (Wildman–Crippen LogP) is 3.74. The first-order valence-corrected chi connectivity index (χ1v) is 8.08. The Bertz CT molecular complexity index is 757. The fraction of sp³-hybridized carbons (Fsp3) is 0.222. The van der Waals surface area contributed by atoms with Gasteiger partial charge < -0.3 is 10.6 Å². The molecule has 0 aliphatic carbocycles. The SMILES string of the molecule is Cc1cc(NC(=O)CNC(=O)c2cccc(C)c2C)ccc1Br. The van der Waals surface area contributed by atoms with E-state index in [4.69, 9.17) is 0 Å². The van der Waals surface area contributed by atoms with Gasteiger partial charge in [-0.05, 0) is 61.7 Å². The third-order valence-corrected chi connectivity index (χ3v) is 4.59. The average Bonchev–Trinajstić information content (AvgIpc) is 2.51. The van der Waals surface area contributed by atoms with Crippen molar-refractivity contribution < 1.29 is 9.59 Å². The highest BCUT2D eigenvalue weighted by Gasteiger charge is 2.11. The van der Waals surface area contributed by atoms with Crippen LogP contribution in [0.3, 0.4) is 0 Å². The number of rotatable bonds is 4. The van der Waals surface area contributed by atoms with Crippen molar-refractivity contribution in [2.45, 2.75) is 20.8 Å². The van der Waals surface area contributed by atoms with E-state index >= 15 is 0 Å². The zero-order valence-electron chi connectivity index (χ0n) is 13.4. The molecule has 23 heavy (non-hydrogen) atoms. The zero-order chi connectivity index (χ0) is 17.0. The van der Waals surface area contributed by atoms with Crippen molar-refractivity contribution in [1.82, 2.24) is 5.32 Å².